The number of hydrogen-bond acceptors (Lipinski definition) is 7. The van der Waals surface area contributed by atoms with E-state index in [-0.39, 0.29) is 11.9 Å². The molecule has 222 valence electrons. The molecule has 3 N–H and O–H groups in total. The third-order valence-electron chi connectivity index (χ3n) is 7.63. The van der Waals surface area contributed by atoms with Gasteiger partial charge in [-0.05, 0) is 86.8 Å². The molecule has 0 atom stereocenters. The molecule has 0 unspecified atom stereocenters. The molecule has 0 bridgehead atoms. The fourth-order valence-electron chi connectivity index (χ4n) is 5.23. The number of carbonyl (C=O) groups excluding carboxylic acids is 1. The summed E-state index contributed by atoms with van der Waals surface area (Å²) in [6, 6.07) is 17.1. The molecule has 10 heteroatoms. The monoisotopic (exact) mass is 576 g/mol. The summed E-state index contributed by atoms with van der Waals surface area (Å²) in [6.07, 6.45) is 2.19. The maximum Gasteiger partial charge on any atom is 0.258 e. The minimum atomic E-state index is -0.590. The number of nitrogens with zero attached hydrogens (tertiary/aromatic N) is 3. The second kappa shape index (κ2) is 13.8. The van der Waals surface area contributed by atoms with Gasteiger partial charge in [-0.25, -0.2) is 8.78 Å². The predicted octanol–water partition coefficient (Wildman–Crippen LogP) is 5.07. The number of nitrogens with one attached hydrogen (secondary N) is 3. The van der Waals surface area contributed by atoms with E-state index in [0.717, 1.165) is 67.7 Å². The molecule has 0 aliphatic carbocycles. The summed E-state index contributed by atoms with van der Waals surface area (Å²) >= 11 is 0. The number of amides is 1. The van der Waals surface area contributed by atoms with Crippen LogP contribution in [0, 0.1) is 11.6 Å². The Hall–Kier alpha value is -4.02. The van der Waals surface area contributed by atoms with Crippen LogP contribution in [0.1, 0.15) is 41.3 Å². The van der Waals surface area contributed by atoms with E-state index in [1.165, 1.54) is 12.1 Å². The van der Waals surface area contributed by atoms with Gasteiger partial charge in [0.25, 0.3) is 5.91 Å². The van der Waals surface area contributed by atoms with Crippen molar-refractivity contribution in [3.05, 3.63) is 89.0 Å². The van der Waals surface area contributed by atoms with Crippen molar-refractivity contribution >= 4 is 28.8 Å². The number of hydrogen-bond donors (Lipinski definition) is 3. The third-order valence-corrected chi connectivity index (χ3v) is 7.63. The third kappa shape index (κ3) is 8.04. The van der Waals surface area contributed by atoms with Crippen LogP contribution < -0.4 is 21.0 Å². The quantitative estimate of drug-likeness (QED) is 0.197. The maximum atomic E-state index is 13.5. The molecular weight excluding hydrogens is 538 g/mol. The zero-order chi connectivity index (χ0) is 29.5. The molecule has 3 aromatic carbocycles. The molecule has 2 aliphatic rings. The van der Waals surface area contributed by atoms with Crippen LogP contribution in [0.3, 0.4) is 0 Å². The highest BCUT2D eigenvalue weighted by atomic mass is 19.1. The minimum Gasteiger partial charge on any atom is -0.381 e. The van der Waals surface area contributed by atoms with E-state index < -0.39 is 11.6 Å². The van der Waals surface area contributed by atoms with Gasteiger partial charge in [0.1, 0.15) is 17.5 Å². The van der Waals surface area contributed by atoms with Gasteiger partial charge in [-0.2, -0.15) is 5.10 Å². The van der Waals surface area contributed by atoms with Gasteiger partial charge in [0.05, 0.1) is 11.3 Å². The molecular formula is C32H38F2N6O2. The van der Waals surface area contributed by atoms with E-state index in [9.17, 15) is 13.6 Å². The smallest absolute Gasteiger partial charge is 0.258 e. The summed E-state index contributed by atoms with van der Waals surface area (Å²) < 4.78 is 32.5. The summed E-state index contributed by atoms with van der Waals surface area (Å²) in [5.74, 6) is -1.00. The van der Waals surface area contributed by atoms with Crippen LogP contribution in [0.5, 0.6) is 0 Å². The number of likely N-dealkylation sites (N-methyl/N-ethyl adjacent to an activating group) is 1. The standard InChI is InChI=1S/C32H38F2N6O2/c1-22(37-38-28-5-3-23(4-6-28)17-24-18-25(33)20-26(34)19-24)35-32(41)30-8-7-29(40-13-11-39(2)12-14-40)21-31(30)36-27-9-15-42-16-10-27/h3-8,18-21,27,36,38H,9-17H2,1-2H3,(H,35,37,41). The molecule has 8 nitrogen and oxygen atoms in total. The molecule has 0 aromatic heterocycles. The lowest BCUT2D eigenvalue weighted by Crippen LogP contribution is -2.44. The van der Waals surface area contributed by atoms with Crippen LogP contribution in [-0.4, -0.2) is 69.1 Å². The molecule has 3 aromatic rings. The van der Waals surface area contributed by atoms with Crippen molar-refractivity contribution in [1.29, 1.82) is 0 Å². The van der Waals surface area contributed by atoms with Crippen molar-refractivity contribution in [3.63, 3.8) is 0 Å². The molecule has 42 heavy (non-hydrogen) atoms. The number of ether oxygens (including phenoxy) is 1. The van der Waals surface area contributed by atoms with Crippen LogP contribution in [0.25, 0.3) is 0 Å². The first kappa shape index (κ1) is 29.5. The highest BCUT2D eigenvalue weighted by Gasteiger charge is 2.21. The van der Waals surface area contributed by atoms with Crippen molar-refractivity contribution < 1.29 is 18.3 Å². The van der Waals surface area contributed by atoms with E-state index in [1.54, 1.807) is 6.92 Å². The number of hydrazone groups is 1. The van der Waals surface area contributed by atoms with Crippen LogP contribution in [0.2, 0.25) is 0 Å². The molecule has 5 rings (SSSR count). The number of rotatable bonds is 8. The van der Waals surface area contributed by atoms with Crippen molar-refractivity contribution in [2.24, 2.45) is 5.10 Å². The van der Waals surface area contributed by atoms with Gasteiger partial charge in [0, 0.05) is 62.9 Å². The Labute approximate surface area is 245 Å². The number of halogens is 2. The van der Waals surface area contributed by atoms with Gasteiger partial charge in [-0.15, -0.1) is 0 Å². The number of benzene rings is 3. The van der Waals surface area contributed by atoms with Crippen LogP contribution in [0.15, 0.2) is 65.8 Å². The second-order valence-electron chi connectivity index (χ2n) is 11.0. The largest absolute Gasteiger partial charge is 0.381 e. The van der Waals surface area contributed by atoms with Gasteiger partial charge in [-0.3, -0.25) is 10.2 Å². The fourth-order valence-corrected chi connectivity index (χ4v) is 5.23. The predicted molar refractivity (Wildman–Crippen MR) is 163 cm³/mol. The SMILES string of the molecule is C/C(=N\Nc1ccc(Cc2cc(F)cc(F)c2)cc1)NC(=O)c1ccc(N2CCN(C)CC2)cc1NC1CCOCC1. The Morgan fingerprint density at radius 1 is 0.929 bits per heavy atom. The van der Waals surface area contributed by atoms with E-state index in [1.807, 2.05) is 36.4 Å². The fraction of sp³-hybridized carbons (Fsp3) is 0.375. The van der Waals surface area contributed by atoms with Gasteiger partial charge in [0.2, 0.25) is 0 Å². The second-order valence-corrected chi connectivity index (χ2v) is 11.0. The average Bonchev–Trinajstić information content (AvgIpc) is 2.97. The highest BCUT2D eigenvalue weighted by Crippen LogP contribution is 2.27. The molecule has 2 saturated heterocycles. The first-order chi connectivity index (χ1) is 20.3. The van der Waals surface area contributed by atoms with E-state index in [2.05, 4.69) is 44.1 Å². The highest BCUT2D eigenvalue weighted by molar-refractivity contribution is 6.09. The lowest BCUT2D eigenvalue weighted by Gasteiger charge is -2.34. The number of anilines is 3. The molecule has 2 heterocycles. The topological polar surface area (TPSA) is 81.2 Å². The molecule has 0 spiro atoms. The summed E-state index contributed by atoms with van der Waals surface area (Å²) in [7, 11) is 2.13. The van der Waals surface area contributed by atoms with Crippen LogP contribution in [-0.2, 0) is 11.2 Å². The van der Waals surface area contributed by atoms with Crippen LogP contribution in [0.4, 0.5) is 25.8 Å². The summed E-state index contributed by atoms with van der Waals surface area (Å²) in [4.78, 5) is 18.0. The Morgan fingerprint density at radius 2 is 1.62 bits per heavy atom. The summed E-state index contributed by atoms with van der Waals surface area (Å²) in [6.45, 7) is 7.04. The van der Waals surface area contributed by atoms with Crippen molar-refractivity contribution in [2.75, 3.05) is 62.1 Å². The van der Waals surface area contributed by atoms with Gasteiger partial charge in [-0.1, -0.05) is 12.1 Å². The molecule has 0 radical (unpaired) electrons. The Bertz CT molecular complexity index is 1380. The number of carbonyl (C=O) groups is 1. The molecule has 1 amide bonds. The Kier molecular flexibility index (Phi) is 9.66. The lowest BCUT2D eigenvalue weighted by molar-refractivity contribution is 0.0904. The zero-order valence-corrected chi connectivity index (χ0v) is 24.1. The van der Waals surface area contributed by atoms with E-state index in [0.29, 0.717) is 36.6 Å². The minimum absolute atomic E-state index is 0.241. The first-order valence-corrected chi connectivity index (χ1v) is 14.4. The zero-order valence-electron chi connectivity index (χ0n) is 24.1. The van der Waals surface area contributed by atoms with Crippen molar-refractivity contribution in [3.8, 4) is 0 Å². The van der Waals surface area contributed by atoms with E-state index >= 15 is 0 Å². The summed E-state index contributed by atoms with van der Waals surface area (Å²) in [5, 5.41) is 10.8. The van der Waals surface area contributed by atoms with Gasteiger partial charge in [0.15, 0.2) is 0 Å². The average molecular weight is 577 g/mol. The van der Waals surface area contributed by atoms with E-state index in [4.69, 9.17) is 4.74 Å². The number of piperazine rings is 1. The first-order valence-electron chi connectivity index (χ1n) is 14.4. The van der Waals surface area contributed by atoms with Crippen molar-refractivity contribution in [2.45, 2.75) is 32.2 Å². The Balaban J connectivity index is 1.23. The molecule has 0 saturated carbocycles. The molecule has 2 fully saturated rings. The number of amidine groups is 1. The molecule has 2 aliphatic heterocycles. The Morgan fingerprint density at radius 3 is 2.31 bits per heavy atom. The normalized spacial score (nSPS) is 16.8. The van der Waals surface area contributed by atoms with Crippen molar-refractivity contribution in [1.82, 2.24) is 10.2 Å². The van der Waals surface area contributed by atoms with Gasteiger partial charge < -0.3 is 25.2 Å². The maximum absolute atomic E-state index is 13.5. The lowest BCUT2D eigenvalue weighted by atomic mass is 10.0. The van der Waals surface area contributed by atoms with Gasteiger partial charge >= 0.3 is 0 Å². The van der Waals surface area contributed by atoms with Crippen LogP contribution >= 0.6 is 0 Å². The summed E-state index contributed by atoms with van der Waals surface area (Å²) in [5.41, 5.74) is 7.62.